The van der Waals surface area contributed by atoms with Gasteiger partial charge in [0.25, 0.3) is 0 Å². The van der Waals surface area contributed by atoms with Crippen molar-refractivity contribution >= 4 is 33.0 Å². The molecule has 2 rings (SSSR count). The first-order valence-electron chi connectivity index (χ1n) is 3.69. The summed E-state index contributed by atoms with van der Waals surface area (Å²) < 4.78 is 13.6. The lowest BCUT2D eigenvalue weighted by molar-refractivity contribution is 0.282. The Bertz CT molecular complexity index is 452. The average molecular weight is 217 g/mol. The summed E-state index contributed by atoms with van der Waals surface area (Å²) in [6.45, 7) is -0.117. The van der Waals surface area contributed by atoms with E-state index in [4.69, 9.17) is 16.7 Å². The van der Waals surface area contributed by atoms with Crippen molar-refractivity contribution in [2.75, 3.05) is 0 Å². The molecule has 0 saturated carbocycles. The number of rotatable bonds is 1. The second-order valence-electron chi connectivity index (χ2n) is 2.69. The van der Waals surface area contributed by atoms with E-state index < -0.39 is 0 Å². The molecule has 1 N–H and O–H groups in total. The van der Waals surface area contributed by atoms with E-state index in [1.807, 2.05) is 0 Å². The van der Waals surface area contributed by atoms with Crippen molar-refractivity contribution < 1.29 is 9.50 Å². The molecule has 0 spiro atoms. The largest absolute Gasteiger partial charge is 0.392 e. The van der Waals surface area contributed by atoms with E-state index in [2.05, 4.69) is 0 Å². The average Bonchev–Trinajstić information content (AvgIpc) is 2.42. The Balaban J connectivity index is 2.72. The molecule has 1 aromatic carbocycles. The van der Waals surface area contributed by atoms with Gasteiger partial charge in [-0.2, -0.15) is 4.39 Å². The van der Waals surface area contributed by atoms with Gasteiger partial charge >= 0.3 is 0 Å². The molecule has 0 unspecified atom stereocenters. The van der Waals surface area contributed by atoms with Gasteiger partial charge in [-0.3, -0.25) is 0 Å². The molecular formula is C9H6ClFOS. The standard InChI is InChI=1S/C9H6ClFOS/c10-7-1-5-3-9(11)13-8(5)2-6(7)4-12/h1-3,12H,4H2. The second-order valence-corrected chi connectivity index (χ2v) is 4.13. The summed E-state index contributed by atoms with van der Waals surface area (Å²) in [4.78, 5) is 0. The Labute approximate surface area is 83.4 Å². The minimum absolute atomic E-state index is 0.117. The van der Waals surface area contributed by atoms with Gasteiger partial charge < -0.3 is 5.11 Å². The molecule has 1 aromatic heterocycles. The number of hydrogen-bond acceptors (Lipinski definition) is 2. The number of halogens is 2. The summed E-state index contributed by atoms with van der Waals surface area (Å²) in [7, 11) is 0. The van der Waals surface area contributed by atoms with Crippen LogP contribution in [0.25, 0.3) is 10.1 Å². The van der Waals surface area contributed by atoms with Crippen molar-refractivity contribution in [3.8, 4) is 0 Å². The third kappa shape index (κ3) is 1.55. The summed E-state index contributed by atoms with van der Waals surface area (Å²) >= 11 is 6.89. The highest BCUT2D eigenvalue weighted by atomic mass is 35.5. The molecule has 1 nitrogen and oxygen atoms in total. The number of benzene rings is 1. The summed E-state index contributed by atoms with van der Waals surface area (Å²) in [5.41, 5.74) is 0.635. The Morgan fingerprint density at radius 3 is 2.85 bits per heavy atom. The van der Waals surface area contributed by atoms with Crippen LogP contribution in [0.1, 0.15) is 5.56 Å². The minimum atomic E-state index is -0.235. The van der Waals surface area contributed by atoms with Gasteiger partial charge in [-0.1, -0.05) is 11.6 Å². The topological polar surface area (TPSA) is 20.2 Å². The van der Waals surface area contributed by atoms with Gasteiger partial charge in [-0.25, -0.2) is 0 Å². The lowest BCUT2D eigenvalue weighted by Crippen LogP contribution is -1.82. The van der Waals surface area contributed by atoms with E-state index in [1.165, 1.54) is 6.07 Å². The maximum Gasteiger partial charge on any atom is 0.177 e. The lowest BCUT2D eigenvalue weighted by Gasteiger charge is -1.99. The molecule has 0 atom stereocenters. The van der Waals surface area contributed by atoms with E-state index in [0.29, 0.717) is 10.6 Å². The van der Waals surface area contributed by atoms with Crippen molar-refractivity contribution in [1.82, 2.24) is 0 Å². The van der Waals surface area contributed by atoms with Crippen molar-refractivity contribution in [3.05, 3.63) is 33.9 Å². The first-order valence-corrected chi connectivity index (χ1v) is 4.88. The molecule has 4 heteroatoms. The molecule has 0 aliphatic carbocycles. The van der Waals surface area contributed by atoms with Crippen LogP contribution in [0, 0.1) is 5.13 Å². The maximum absolute atomic E-state index is 12.8. The quantitative estimate of drug-likeness (QED) is 0.776. The van der Waals surface area contributed by atoms with Crippen molar-refractivity contribution in [1.29, 1.82) is 0 Å². The molecule has 2 aromatic rings. The smallest absolute Gasteiger partial charge is 0.177 e. The summed E-state index contributed by atoms with van der Waals surface area (Å²) in [5.74, 6) is 0. The first kappa shape index (κ1) is 8.94. The van der Waals surface area contributed by atoms with Crippen LogP contribution in [0.15, 0.2) is 18.2 Å². The van der Waals surface area contributed by atoms with Crippen LogP contribution in [0.4, 0.5) is 4.39 Å². The van der Waals surface area contributed by atoms with Crippen LogP contribution in [-0.2, 0) is 6.61 Å². The van der Waals surface area contributed by atoms with Gasteiger partial charge in [0.15, 0.2) is 5.13 Å². The highest BCUT2D eigenvalue weighted by Gasteiger charge is 2.05. The molecule has 0 saturated heterocycles. The number of aliphatic hydroxyl groups is 1. The number of aliphatic hydroxyl groups excluding tert-OH is 1. The zero-order chi connectivity index (χ0) is 9.42. The van der Waals surface area contributed by atoms with E-state index in [9.17, 15) is 4.39 Å². The number of hydrogen-bond donors (Lipinski definition) is 1. The van der Waals surface area contributed by atoms with E-state index in [0.717, 1.165) is 21.4 Å². The Morgan fingerprint density at radius 2 is 2.15 bits per heavy atom. The molecule has 0 amide bonds. The fraction of sp³-hybridized carbons (Fsp3) is 0.111. The lowest BCUT2D eigenvalue weighted by atomic mass is 10.2. The maximum atomic E-state index is 12.8. The van der Waals surface area contributed by atoms with E-state index >= 15 is 0 Å². The normalized spacial score (nSPS) is 11.0. The fourth-order valence-corrected chi connectivity index (χ4v) is 2.25. The highest BCUT2D eigenvalue weighted by Crippen LogP contribution is 2.29. The van der Waals surface area contributed by atoms with Gasteiger partial charge in [0, 0.05) is 9.72 Å². The Hall–Kier alpha value is -0.640. The van der Waals surface area contributed by atoms with Gasteiger partial charge in [-0.15, -0.1) is 11.3 Å². The van der Waals surface area contributed by atoms with Crippen molar-refractivity contribution in [2.24, 2.45) is 0 Å². The Morgan fingerprint density at radius 1 is 1.38 bits per heavy atom. The second kappa shape index (κ2) is 3.25. The van der Waals surface area contributed by atoms with Gasteiger partial charge in [0.05, 0.1) is 6.61 Å². The fourth-order valence-electron chi connectivity index (χ4n) is 1.19. The molecule has 0 bridgehead atoms. The van der Waals surface area contributed by atoms with Gasteiger partial charge in [-0.05, 0) is 29.1 Å². The van der Waals surface area contributed by atoms with Crippen LogP contribution >= 0.6 is 22.9 Å². The van der Waals surface area contributed by atoms with Crippen LogP contribution in [0.3, 0.4) is 0 Å². The number of fused-ring (bicyclic) bond motifs is 1. The molecular weight excluding hydrogens is 211 g/mol. The van der Waals surface area contributed by atoms with Crippen LogP contribution in [-0.4, -0.2) is 5.11 Å². The van der Waals surface area contributed by atoms with Crippen LogP contribution in [0.5, 0.6) is 0 Å². The van der Waals surface area contributed by atoms with E-state index in [-0.39, 0.29) is 11.7 Å². The monoisotopic (exact) mass is 216 g/mol. The zero-order valence-electron chi connectivity index (χ0n) is 6.55. The predicted octanol–water partition coefficient (Wildman–Crippen LogP) is 3.19. The molecule has 0 radical (unpaired) electrons. The van der Waals surface area contributed by atoms with E-state index in [1.54, 1.807) is 12.1 Å². The molecule has 13 heavy (non-hydrogen) atoms. The molecule has 1 heterocycles. The Kier molecular flexibility index (Phi) is 2.24. The summed E-state index contributed by atoms with van der Waals surface area (Å²) in [5, 5.41) is 9.94. The summed E-state index contributed by atoms with van der Waals surface area (Å²) in [6.07, 6.45) is 0. The molecule has 0 fully saturated rings. The summed E-state index contributed by atoms with van der Waals surface area (Å²) in [6, 6.07) is 4.82. The van der Waals surface area contributed by atoms with Crippen molar-refractivity contribution in [3.63, 3.8) is 0 Å². The third-order valence-corrected chi connectivity index (χ3v) is 3.06. The van der Waals surface area contributed by atoms with Gasteiger partial charge in [0.1, 0.15) is 0 Å². The minimum Gasteiger partial charge on any atom is -0.392 e. The third-order valence-electron chi connectivity index (χ3n) is 1.83. The molecule has 0 aliphatic rings. The van der Waals surface area contributed by atoms with Crippen molar-refractivity contribution in [2.45, 2.75) is 6.61 Å². The first-order chi connectivity index (χ1) is 6.20. The highest BCUT2D eigenvalue weighted by molar-refractivity contribution is 7.17. The van der Waals surface area contributed by atoms with Crippen LogP contribution in [0.2, 0.25) is 5.02 Å². The number of thiophene rings is 1. The zero-order valence-corrected chi connectivity index (χ0v) is 8.12. The molecule has 0 aliphatic heterocycles. The SMILES string of the molecule is OCc1cc2sc(F)cc2cc1Cl. The van der Waals surface area contributed by atoms with Crippen LogP contribution < -0.4 is 0 Å². The molecule has 68 valence electrons. The predicted molar refractivity (Wildman–Crippen MR) is 52.7 cm³/mol. The van der Waals surface area contributed by atoms with Gasteiger partial charge in [0.2, 0.25) is 0 Å².